The second-order valence-electron chi connectivity index (χ2n) is 3.12. The summed E-state index contributed by atoms with van der Waals surface area (Å²) < 4.78 is 5.01. The quantitative estimate of drug-likeness (QED) is 0.771. The molecule has 0 aromatic heterocycles. The lowest BCUT2D eigenvalue weighted by Gasteiger charge is -2.00. The second-order valence-corrected chi connectivity index (χ2v) is 3.12. The van der Waals surface area contributed by atoms with E-state index in [2.05, 4.69) is 24.3 Å². The van der Waals surface area contributed by atoms with Crippen molar-refractivity contribution >= 4 is 6.08 Å². The smallest absolute Gasteiger partial charge is 0.0502 e. The van der Waals surface area contributed by atoms with Crippen molar-refractivity contribution in [3.8, 4) is 0 Å². The number of hydrogen-bond donors (Lipinski definition) is 1. The fraction of sp³-hybridized carbons (Fsp3) is 0.333. The minimum atomic E-state index is 0.589. The molecule has 0 unspecified atom stereocenters. The molecule has 2 nitrogen and oxygen atoms in total. The van der Waals surface area contributed by atoms with Crippen LogP contribution in [0.25, 0.3) is 6.08 Å². The molecule has 0 amide bonds. The Labute approximate surface area is 85.4 Å². The number of rotatable bonds is 5. The minimum absolute atomic E-state index is 0.589. The van der Waals surface area contributed by atoms with Crippen molar-refractivity contribution < 1.29 is 4.74 Å². The molecule has 1 aromatic rings. The average molecular weight is 191 g/mol. The lowest BCUT2D eigenvalue weighted by Crippen LogP contribution is -1.94. The van der Waals surface area contributed by atoms with E-state index in [0.717, 1.165) is 13.0 Å². The summed E-state index contributed by atoms with van der Waals surface area (Å²) in [6, 6.07) is 8.43. The molecule has 2 heteroatoms. The van der Waals surface area contributed by atoms with E-state index in [0.29, 0.717) is 6.54 Å². The van der Waals surface area contributed by atoms with Crippen molar-refractivity contribution in [3.63, 3.8) is 0 Å². The van der Waals surface area contributed by atoms with E-state index in [-0.39, 0.29) is 0 Å². The van der Waals surface area contributed by atoms with Crippen LogP contribution in [0.15, 0.2) is 30.3 Å². The van der Waals surface area contributed by atoms with Crippen molar-refractivity contribution in [2.45, 2.75) is 6.42 Å². The van der Waals surface area contributed by atoms with Crippen molar-refractivity contribution in [2.75, 3.05) is 20.3 Å². The lowest BCUT2D eigenvalue weighted by atomic mass is 10.1. The number of methoxy groups -OCH3 is 1. The minimum Gasteiger partial charge on any atom is -0.384 e. The van der Waals surface area contributed by atoms with E-state index in [9.17, 15) is 0 Å². The molecular formula is C12H17NO. The van der Waals surface area contributed by atoms with Crippen molar-refractivity contribution in [1.29, 1.82) is 0 Å². The summed E-state index contributed by atoms with van der Waals surface area (Å²) in [5, 5.41) is 0. The first-order valence-electron chi connectivity index (χ1n) is 4.81. The first-order valence-corrected chi connectivity index (χ1v) is 4.81. The first kappa shape index (κ1) is 11.0. The number of hydrogen-bond acceptors (Lipinski definition) is 2. The highest BCUT2D eigenvalue weighted by atomic mass is 16.5. The van der Waals surface area contributed by atoms with Crippen molar-refractivity contribution in [1.82, 2.24) is 0 Å². The molecule has 1 aromatic carbocycles. The molecule has 0 saturated carbocycles. The molecule has 0 atom stereocenters. The maximum atomic E-state index is 5.37. The Hall–Kier alpha value is -1.12. The summed E-state index contributed by atoms with van der Waals surface area (Å²) in [4.78, 5) is 0. The summed E-state index contributed by atoms with van der Waals surface area (Å²) in [5.41, 5.74) is 7.86. The molecule has 76 valence electrons. The van der Waals surface area contributed by atoms with Gasteiger partial charge in [0.15, 0.2) is 0 Å². The van der Waals surface area contributed by atoms with Gasteiger partial charge in [0.2, 0.25) is 0 Å². The molecule has 0 heterocycles. The van der Waals surface area contributed by atoms with Crippen LogP contribution in [-0.2, 0) is 11.2 Å². The zero-order valence-corrected chi connectivity index (χ0v) is 8.57. The topological polar surface area (TPSA) is 35.2 Å². The third kappa shape index (κ3) is 3.73. The molecular weight excluding hydrogens is 174 g/mol. The van der Waals surface area contributed by atoms with E-state index >= 15 is 0 Å². The zero-order valence-electron chi connectivity index (χ0n) is 8.57. The lowest BCUT2D eigenvalue weighted by molar-refractivity contribution is 0.202. The van der Waals surface area contributed by atoms with Crippen LogP contribution in [0.1, 0.15) is 11.1 Å². The van der Waals surface area contributed by atoms with Gasteiger partial charge >= 0.3 is 0 Å². The fourth-order valence-corrected chi connectivity index (χ4v) is 1.22. The predicted octanol–water partition coefficient (Wildman–Crippen LogP) is 1.85. The third-order valence-electron chi connectivity index (χ3n) is 2.02. The van der Waals surface area contributed by atoms with Crippen LogP contribution in [0.5, 0.6) is 0 Å². The molecule has 0 radical (unpaired) electrons. The Kier molecular flexibility index (Phi) is 4.97. The van der Waals surface area contributed by atoms with E-state index in [4.69, 9.17) is 10.5 Å². The van der Waals surface area contributed by atoms with Crippen LogP contribution >= 0.6 is 0 Å². The molecule has 0 aliphatic rings. The van der Waals surface area contributed by atoms with Gasteiger partial charge in [0, 0.05) is 13.7 Å². The summed E-state index contributed by atoms with van der Waals surface area (Å²) in [7, 11) is 1.72. The predicted molar refractivity (Wildman–Crippen MR) is 60.1 cm³/mol. The largest absolute Gasteiger partial charge is 0.384 e. The third-order valence-corrected chi connectivity index (χ3v) is 2.02. The molecule has 14 heavy (non-hydrogen) atoms. The van der Waals surface area contributed by atoms with E-state index in [1.165, 1.54) is 11.1 Å². The molecule has 0 bridgehead atoms. The second kappa shape index (κ2) is 6.35. The van der Waals surface area contributed by atoms with Crippen LogP contribution in [0.3, 0.4) is 0 Å². The SMILES string of the molecule is COCCc1ccc(/C=C/CN)cc1. The van der Waals surface area contributed by atoms with Crippen molar-refractivity contribution in [3.05, 3.63) is 41.5 Å². The summed E-state index contributed by atoms with van der Waals surface area (Å²) in [6.45, 7) is 1.36. The van der Waals surface area contributed by atoms with Gasteiger partial charge in [0.1, 0.15) is 0 Å². The van der Waals surface area contributed by atoms with Crippen LogP contribution in [-0.4, -0.2) is 20.3 Å². The van der Waals surface area contributed by atoms with Gasteiger partial charge in [-0.3, -0.25) is 0 Å². The maximum absolute atomic E-state index is 5.37. The van der Waals surface area contributed by atoms with Crippen LogP contribution in [0, 0.1) is 0 Å². The normalized spacial score (nSPS) is 11.0. The molecule has 1 rings (SSSR count). The van der Waals surface area contributed by atoms with Gasteiger partial charge in [-0.15, -0.1) is 0 Å². The van der Waals surface area contributed by atoms with Crippen LogP contribution in [0.4, 0.5) is 0 Å². The average Bonchev–Trinajstić information content (AvgIpc) is 2.25. The maximum Gasteiger partial charge on any atom is 0.0502 e. The summed E-state index contributed by atoms with van der Waals surface area (Å²) >= 11 is 0. The highest BCUT2D eigenvalue weighted by Crippen LogP contribution is 2.06. The van der Waals surface area contributed by atoms with Gasteiger partial charge in [0.25, 0.3) is 0 Å². The van der Waals surface area contributed by atoms with Gasteiger partial charge < -0.3 is 10.5 Å². The number of nitrogens with two attached hydrogens (primary N) is 1. The highest BCUT2D eigenvalue weighted by molar-refractivity contribution is 5.49. The Morgan fingerprint density at radius 2 is 2.00 bits per heavy atom. The first-order chi connectivity index (χ1) is 6.86. The molecule has 0 saturated heterocycles. The zero-order chi connectivity index (χ0) is 10.2. The van der Waals surface area contributed by atoms with Crippen molar-refractivity contribution in [2.24, 2.45) is 5.73 Å². The summed E-state index contributed by atoms with van der Waals surface area (Å²) in [5.74, 6) is 0. The Balaban J connectivity index is 2.54. The molecule has 2 N–H and O–H groups in total. The van der Waals surface area contributed by atoms with Gasteiger partial charge in [-0.2, -0.15) is 0 Å². The van der Waals surface area contributed by atoms with E-state index in [1.54, 1.807) is 7.11 Å². The number of benzene rings is 1. The van der Waals surface area contributed by atoms with Crippen LogP contribution in [0.2, 0.25) is 0 Å². The standard InChI is InChI=1S/C12H17NO/c1-14-10-8-12-6-4-11(5-7-12)3-2-9-13/h2-7H,8-10,13H2,1H3/b3-2+. The van der Waals surface area contributed by atoms with Gasteiger partial charge in [-0.25, -0.2) is 0 Å². The Morgan fingerprint density at radius 3 is 2.57 bits per heavy atom. The molecule has 0 spiro atoms. The van der Waals surface area contributed by atoms with Crippen LogP contribution < -0.4 is 5.73 Å². The highest BCUT2D eigenvalue weighted by Gasteiger charge is 1.91. The molecule has 0 aliphatic heterocycles. The van der Waals surface area contributed by atoms with Gasteiger partial charge in [0.05, 0.1) is 6.61 Å². The molecule has 0 aliphatic carbocycles. The Morgan fingerprint density at radius 1 is 1.29 bits per heavy atom. The fourth-order valence-electron chi connectivity index (χ4n) is 1.22. The van der Waals surface area contributed by atoms with E-state index in [1.807, 2.05) is 12.2 Å². The monoisotopic (exact) mass is 191 g/mol. The van der Waals surface area contributed by atoms with E-state index < -0.39 is 0 Å². The molecule has 0 fully saturated rings. The van der Waals surface area contributed by atoms with Gasteiger partial charge in [-0.05, 0) is 17.5 Å². The van der Waals surface area contributed by atoms with Gasteiger partial charge in [-0.1, -0.05) is 36.4 Å². The Bertz CT molecular complexity index is 277. The number of ether oxygens (including phenoxy) is 1. The summed E-state index contributed by atoms with van der Waals surface area (Å²) in [6.07, 6.45) is 4.95.